The molecule has 1 aliphatic rings. The van der Waals surface area contributed by atoms with Crippen LogP contribution in [-0.2, 0) is 6.42 Å². The number of carbonyl (C=O) groups excluding carboxylic acids is 1. The molecule has 1 aliphatic heterocycles. The van der Waals surface area contributed by atoms with E-state index in [0.29, 0.717) is 39.6 Å². The Morgan fingerprint density at radius 3 is 2.74 bits per heavy atom. The molecule has 0 atom stereocenters. The number of carbonyl (C=O) groups is 1. The Labute approximate surface area is 167 Å². The zero-order valence-corrected chi connectivity index (χ0v) is 16.1. The first-order chi connectivity index (χ1) is 13.0. The summed E-state index contributed by atoms with van der Waals surface area (Å²) in [6.07, 6.45) is 0.845. The van der Waals surface area contributed by atoms with E-state index in [1.807, 2.05) is 24.3 Å². The first-order valence-electron chi connectivity index (χ1n) is 8.49. The van der Waals surface area contributed by atoms with E-state index < -0.39 is 0 Å². The summed E-state index contributed by atoms with van der Waals surface area (Å²) in [7, 11) is 0. The van der Waals surface area contributed by atoms with E-state index in [9.17, 15) is 4.79 Å². The highest BCUT2D eigenvalue weighted by Gasteiger charge is 2.26. The van der Waals surface area contributed by atoms with Crippen LogP contribution in [0.1, 0.15) is 21.9 Å². The molecule has 136 valence electrons. The highest BCUT2D eigenvalue weighted by Crippen LogP contribution is 2.30. The van der Waals surface area contributed by atoms with E-state index in [-0.39, 0.29) is 5.91 Å². The number of anilines is 3. The van der Waals surface area contributed by atoms with Crippen molar-refractivity contribution in [2.75, 3.05) is 16.8 Å². The van der Waals surface area contributed by atoms with Gasteiger partial charge in [-0.15, -0.1) is 0 Å². The van der Waals surface area contributed by atoms with Gasteiger partial charge < -0.3 is 10.2 Å². The average molecular weight is 399 g/mol. The molecule has 5 nitrogen and oxygen atoms in total. The van der Waals surface area contributed by atoms with Gasteiger partial charge >= 0.3 is 0 Å². The second-order valence-electron chi connectivity index (χ2n) is 6.27. The Balaban J connectivity index is 1.64. The van der Waals surface area contributed by atoms with Gasteiger partial charge in [-0.05, 0) is 43.2 Å². The monoisotopic (exact) mass is 398 g/mol. The highest BCUT2D eigenvalue weighted by atomic mass is 35.5. The Hall–Kier alpha value is -2.63. The van der Waals surface area contributed by atoms with E-state index in [0.717, 1.165) is 12.1 Å². The van der Waals surface area contributed by atoms with Crippen molar-refractivity contribution in [3.05, 3.63) is 75.7 Å². The molecule has 1 N–H and O–H groups in total. The van der Waals surface area contributed by atoms with E-state index in [1.54, 1.807) is 36.1 Å². The predicted octanol–water partition coefficient (Wildman–Crippen LogP) is 5.04. The van der Waals surface area contributed by atoms with Crippen LogP contribution in [0.5, 0.6) is 0 Å². The summed E-state index contributed by atoms with van der Waals surface area (Å²) in [5, 5.41) is 4.15. The molecule has 1 amide bonds. The zero-order chi connectivity index (χ0) is 19.0. The minimum Gasteiger partial charge on any atom is -0.339 e. The van der Waals surface area contributed by atoms with Crippen molar-refractivity contribution < 1.29 is 4.79 Å². The molecule has 3 aromatic rings. The number of hydrogen-bond donors (Lipinski definition) is 1. The largest absolute Gasteiger partial charge is 0.339 e. The van der Waals surface area contributed by atoms with Gasteiger partial charge in [0.15, 0.2) is 0 Å². The number of aryl methyl sites for hydroxylation is 1. The number of amides is 1. The van der Waals surface area contributed by atoms with Crippen LogP contribution in [0, 0.1) is 6.92 Å². The molecule has 0 unspecified atom stereocenters. The number of aromatic nitrogens is 2. The maximum Gasteiger partial charge on any atom is 0.277 e. The van der Waals surface area contributed by atoms with Crippen molar-refractivity contribution in [3.63, 3.8) is 0 Å². The van der Waals surface area contributed by atoms with Crippen molar-refractivity contribution in [1.82, 2.24) is 9.97 Å². The van der Waals surface area contributed by atoms with Crippen molar-refractivity contribution >= 4 is 46.3 Å². The zero-order valence-electron chi connectivity index (χ0n) is 14.5. The molecule has 1 aromatic heterocycles. The fourth-order valence-corrected chi connectivity index (χ4v) is 3.61. The summed E-state index contributed by atoms with van der Waals surface area (Å²) < 4.78 is 0. The van der Waals surface area contributed by atoms with Crippen molar-refractivity contribution in [3.8, 4) is 0 Å². The second kappa shape index (κ2) is 7.18. The smallest absolute Gasteiger partial charge is 0.277 e. The lowest BCUT2D eigenvalue weighted by molar-refractivity contribution is 0.0984. The lowest BCUT2D eigenvalue weighted by Gasteiger charge is -2.17. The predicted molar refractivity (Wildman–Crippen MR) is 108 cm³/mol. The van der Waals surface area contributed by atoms with Gasteiger partial charge in [-0.3, -0.25) is 4.79 Å². The molecule has 2 heterocycles. The van der Waals surface area contributed by atoms with Crippen LogP contribution in [0.3, 0.4) is 0 Å². The lowest BCUT2D eigenvalue weighted by Crippen LogP contribution is -2.30. The number of hydrogen-bond acceptors (Lipinski definition) is 4. The first kappa shape index (κ1) is 17.8. The van der Waals surface area contributed by atoms with E-state index >= 15 is 0 Å². The van der Waals surface area contributed by atoms with Gasteiger partial charge in [0, 0.05) is 23.3 Å². The number of nitrogens with one attached hydrogen (secondary N) is 1. The summed E-state index contributed by atoms with van der Waals surface area (Å²) >= 11 is 12.2. The Kier molecular flexibility index (Phi) is 4.72. The number of rotatable bonds is 3. The maximum atomic E-state index is 13.0. The van der Waals surface area contributed by atoms with Crippen LogP contribution in [0.15, 0.2) is 48.5 Å². The van der Waals surface area contributed by atoms with Crippen molar-refractivity contribution in [2.45, 2.75) is 13.3 Å². The summed E-state index contributed by atoms with van der Waals surface area (Å²) in [5.74, 6) is 0.860. The van der Waals surface area contributed by atoms with Gasteiger partial charge in [0.1, 0.15) is 17.3 Å². The number of fused-ring (bicyclic) bond motifs is 1. The molecule has 27 heavy (non-hydrogen) atoms. The topological polar surface area (TPSA) is 58.1 Å². The van der Waals surface area contributed by atoms with Crippen LogP contribution in [0.2, 0.25) is 10.0 Å². The van der Waals surface area contributed by atoms with Gasteiger partial charge in [0.05, 0.1) is 10.7 Å². The number of nitrogens with zero attached hydrogens (tertiary/aromatic N) is 3. The van der Waals surface area contributed by atoms with Gasteiger partial charge in [-0.2, -0.15) is 0 Å². The summed E-state index contributed by atoms with van der Waals surface area (Å²) in [4.78, 5) is 23.5. The minimum absolute atomic E-state index is 0.143. The molecular formula is C20H16Cl2N4O. The minimum atomic E-state index is -0.143. The molecular weight excluding hydrogens is 383 g/mol. The van der Waals surface area contributed by atoms with E-state index in [2.05, 4.69) is 15.3 Å². The normalized spacial score (nSPS) is 12.8. The Morgan fingerprint density at radius 1 is 1.11 bits per heavy atom. The second-order valence-corrected chi connectivity index (χ2v) is 7.11. The summed E-state index contributed by atoms with van der Waals surface area (Å²) in [5.41, 5.74) is 3.10. The number of halogens is 2. The summed E-state index contributed by atoms with van der Waals surface area (Å²) in [6.45, 7) is 2.40. The molecule has 4 rings (SSSR count). The third-order valence-electron chi connectivity index (χ3n) is 4.38. The molecule has 0 radical (unpaired) electrons. The van der Waals surface area contributed by atoms with Crippen LogP contribution >= 0.6 is 23.2 Å². The first-order valence-corrected chi connectivity index (χ1v) is 9.24. The molecule has 0 fully saturated rings. The van der Waals surface area contributed by atoms with E-state index in [4.69, 9.17) is 23.2 Å². The van der Waals surface area contributed by atoms with Gasteiger partial charge in [-0.1, -0.05) is 41.4 Å². The third-order valence-corrected chi connectivity index (χ3v) is 4.93. The molecule has 2 aromatic carbocycles. The molecule has 0 saturated heterocycles. The molecule has 7 heteroatoms. The average Bonchev–Trinajstić information content (AvgIpc) is 3.07. The fraction of sp³-hybridized carbons (Fsp3) is 0.150. The maximum absolute atomic E-state index is 13.0. The lowest BCUT2D eigenvalue weighted by atomic mass is 10.2. The SMILES string of the molecule is Cc1nc(Nc2ccc(Cl)cc2Cl)cc(C(=O)N2CCc3ccccc32)n1. The quantitative estimate of drug-likeness (QED) is 0.671. The van der Waals surface area contributed by atoms with Crippen LogP contribution < -0.4 is 10.2 Å². The molecule has 0 bridgehead atoms. The highest BCUT2D eigenvalue weighted by molar-refractivity contribution is 6.36. The van der Waals surface area contributed by atoms with E-state index in [1.165, 1.54) is 5.56 Å². The molecule has 0 aliphatic carbocycles. The van der Waals surface area contributed by atoms with Gasteiger partial charge in [-0.25, -0.2) is 9.97 Å². The van der Waals surface area contributed by atoms with Crippen LogP contribution in [0.4, 0.5) is 17.2 Å². The van der Waals surface area contributed by atoms with Crippen molar-refractivity contribution in [2.24, 2.45) is 0 Å². The fourth-order valence-electron chi connectivity index (χ4n) is 3.16. The van der Waals surface area contributed by atoms with Crippen LogP contribution in [-0.4, -0.2) is 22.4 Å². The van der Waals surface area contributed by atoms with Crippen molar-refractivity contribution in [1.29, 1.82) is 0 Å². The third kappa shape index (κ3) is 3.61. The number of benzene rings is 2. The van der Waals surface area contributed by atoms with Gasteiger partial charge in [0.2, 0.25) is 0 Å². The Bertz CT molecular complexity index is 1040. The Morgan fingerprint density at radius 2 is 1.93 bits per heavy atom. The van der Waals surface area contributed by atoms with Crippen LogP contribution in [0.25, 0.3) is 0 Å². The van der Waals surface area contributed by atoms with Gasteiger partial charge in [0.25, 0.3) is 5.91 Å². The molecule has 0 spiro atoms. The number of para-hydroxylation sites is 1. The summed E-state index contributed by atoms with van der Waals surface area (Å²) in [6, 6.07) is 14.7. The standard InChI is InChI=1S/C20H16Cl2N4O/c1-12-23-17(20(27)26-9-8-13-4-2-3-5-18(13)26)11-19(24-12)25-16-7-6-14(21)10-15(16)22/h2-7,10-11H,8-9H2,1H3,(H,23,24,25). The molecule has 0 saturated carbocycles.